The Bertz CT molecular complexity index is 1020. The Morgan fingerprint density at radius 1 is 1.09 bits per heavy atom. The maximum absolute atomic E-state index is 12.9. The molecule has 2 aromatic rings. The summed E-state index contributed by atoms with van der Waals surface area (Å²) < 4.78 is 4.90. The first-order valence-corrected chi connectivity index (χ1v) is 11.7. The van der Waals surface area contributed by atoms with Gasteiger partial charge >= 0.3 is 5.97 Å². The minimum Gasteiger partial charge on any atom is -0.463 e. The number of para-hydroxylation sites is 1. The minimum absolute atomic E-state index is 0.0238. The summed E-state index contributed by atoms with van der Waals surface area (Å²) in [7, 11) is 3.95. The van der Waals surface area contributed by atoms with Crippen LogP contribution < -0.4 is 10.6 Å². The van der Waals surface area contributed by atoms with Gasteiger partial charge in [-0.3, -0.25) is 14.6 Å². The highest BCUT2D eigenvalue weighted by atomic mass is 16.5. The van der Waals surface area contributed by atoms with Gasteiger partial charge in [-0.15, -0.1) is 0 Å². The molecule has 0 bridgehead atoms. The Labute approximate surface area is 207 Å². The second kappa shape index (κ2) is 14.6. The average molecular weight is 482 g/mol. The molecule has 35 heavy (non-hydrogen) atoms. The molecule has 0 aliphatic rings. The Hall–Kier alpha value is -3.56. The van der Waals surface area contributed by atoms with Crippen molar-refractivity contribution in [3.63, 3.8) is 0 Å². The molecule has 9 nitrogen and oxygen atoms in total. The number of aromatic nitrogens is 1. The van der Waals surface area contributed by atoms with E-state index in [-0.39, 0.29) is 18.4 Å². The van der Waals surface area contributed by atoms with Crippen molar-refractivity contribution in [3.8, 4) is 0 Å². The number of hydrogen-bond donors (Lipinski definition) is 2. The van der Waals surface area contributed by atoms with Gasteiger partial charge in [-0.2, -0.15) is 0 Å². The van der Waals surface area contributed by atoms with E-state index in [2.05, 4.69) is 15.6 Å². The first kappa shape index (κ1) is 27.7. The highest BCUT2D eigenvalue weighted by Gasteiger charge is 2.13. The Kier molecular flexibility index (Phi) is 11.6. The van der Waals surface area contributed by atoms with Crippen molar-refractivity contribution in [2.45, 2.75) is 20.4 Å². The van der Waals surface area contributed by atoms with Crippen molar-refractivity contribution in [1.29, 1.82) is 0 Å². The quantitative estimate of drug-likeness (QED) is 0.334. The van der Waals surface area contributed by atoms with E-state index >= 15 is 0 Å². The zero-order valence-corrected chi connectivity index (χ0v) is 20.9. The van der Waals surface area contributed by atoms with Gasteiger partial charge in [0, 0.05) is 49.7 Å². The fraction of sp³-hybridized carbons (Fsp3) is 0.385. The third-order valence-electron chi connectivity index (χ3n) is 5.11. The van der Waals surface area contributed by atoms with Crippen LogP contribution in [0.25, 0.3) is 6.08 Å². The van der Waals surface area contributed by atoms with Gasteiger partial charge in [-0.05, 0) is 57.8 Å². The largest absolute Gasteiger partial charge is 0.463 e. The number of pyridine rings is 1. The maximum atomic E-state index is 12.9. The number of nitrogens with zero attached hydrogens (tertiary/aromatic N) is 3. The fourth-order valence-electron chi connectivity index (χ4n) is 3.20. The van der Waals surface area contributed by atoms with Crippen LogP contribution in [0.4, 0.5) is 5.69 Å². The first-order valence-electron chi connectivity index (χ1n) is 11.7. The highest BCUT2D eigenvalue weighted by molar-refractivity contribution is 6.05. The summed E-state index contributed by atoms with van der Waals surface area (Å²) in [6.07, 6.45) is 4.49. The first-order chi connectivity index (χ1) is 16.8. The van der Waals surface area contributed by atoms with E-state index in [1.165, 1.54) is 6.08 Å². The second-order valence-electron chi connectivity index (χ2n) is 8.04. The summed E-state index contributed by atoms with van der Waals surface area (Å²) in [6, 6.07) is 10.5. The Morgan fingerprint density at radius 2 is 1.86 bits per heavy atom. The molecule has 1 aromatic carbocycles. The average Bonchev–Trinajstić information content (AvgIpc) is 2.84. The molecule has 1 heterocycles. The van der Waals surface area contributed by atoms with Gasteiger partial charge in [0.05, 0.1) is 18.8 Å². The van der Waals surface area contributed by atoms with Gasteiger partial charge in [-0.1, -0.05) is 18.2 Å². The van der Waals surface area contributed by atoms with Gasteiger partial charge in [0.1, 0.15) is 0 Å². The van der Waals surface area contributed by atoms with E-state index in [0.717, 1.165) is 6.54 Å². The number of hydrogen-bond acceptors (Lipinski definition) is 7. The molecule has 2 amide bonds. The van der Waals surface area contributed by atoms with E-state index in [1.54, 1.807) is 54.4 Å². The number of esters is 1. The van der Waals surface area contributed by atoms with Crippen LogP contribution in [0, 0.1) is 0 Å². The Balaban J connectivity index is 1.97. The zero-order chi connectivity index (χ0) is 25.6. The van der Waals surface area contributed by atoms with E-state index in [0.29, 0.717) is 48.7 Å². The molecular weight excluding hydrogens is 446 g/mol. The van der Waals surface area contributed by atoms with Crippen molar-refractivity contribution in [1.82, 2.24) is 20.1 Å². The number of benzene rings is 1. The van der Waals surface area contributed by atoms with Crippen molar-refractivity contribution in [2.75, 3.05) is 52.2 Å². The summed E-state index contributed by atoms with van der Waals surface area (Å²) in [5.41, 5.74) is 2.33. The van der Waals surface area contributed by atoms with Crippen LogP contribution in [-0.4, -0.2) is 79.4 Å². The molecule has 9 heteroatoms. The second-order valence-corrected chi connectivity index (χ2v) is 8.04. The molecule has 0 aliphatic carbocycles. The number of carbonyl (C=O) groups is 3. The third kappa shape index (κ3) is 9.68. The summed E-state index contributed by atoms with van der Waals surface area (Å²) >= 11 is 0. The molecule has 0 unspecified atom stereocenters. The lowest BCUT2D eigenvalue weighted by atomic mass is 10.1. The summed E-state index contributed by atoms with van der Waals surface area (Å²) in [5, 5.41) is 5.99. The zero-order valence-electron chi connectivity index (χ0n) is 20.9. The third-order valence-corrected chi connectivity index (χ3v) is 5.11. The van der Waals surface area contributed by atoms with Crippen LogP contribution >= 0.6 is 0 Å². The van der Waals surface area contributed by atoms with Crippen molar-refractivity contribution in [2.24, 2.45) is 0 Å². The topological polar surface area (TPSA) is 104 Å². The molecule has 188 valence electrons. The maximum Gasteiger partial charge on any atom is 0.330 e. The monoisotopic (exact) mass is 481 g/mol. The molecule has 0 atom stereocenters. The summed E-state index contributed by atoms with van der Waals surface area (Å²) in [5.74, 6) is -0.726. The molecule has 1 aromatic heterocycles. The molecule has 0 aliphatic heterocycles. The van der Waals surface area contributed by atoms with E-state index in [1.807, 2.05) is 32.0 Å². The molecule has 0 radical (unpaired) electrons. The molecule has 0 saturated heterocycles. The molecule has 0 spiro atoms. The van der Waals surface area contributed by atoms with Crippen LogP contribution in [-0.2, 0) is 20.9 Å². The fourth-order valence-corrected chi connectivity index (χ4v) is 3.20. The molecule has 0 saturated carbocycles. The van der Waals surface area contributed by atoms with E-state index in [4.69, 9.17) is 4.74 Å². The number of anilines is 1. The SMILES string of the molecule is CCOC(=O)/C=C/c1ccccc1NC(=O)c1ccnc(CNCC(=O)N(CC)CCN(C)C)c1. The van der Waals surface area contributed by atoms with Gasteiger partial charge in [-0.25, -0.2) is 4.79 Å². The lowest BCUT2D eigenvalue weighted by Gasteiger charge is -2.23. The standard InChI is InChI=1S/C26H35N5O4/c1-5-31(16-15-30(3)4)24(32)19-27-18-22-17-21(13-14-28-22)26(34)29-23-10-8-7-9-20(23)11-12-25(33)35-6-2/h7-14,17,27H,5-6,15-16,18-19H2,1-4H3,(H,29,34)/b12-11+. The minimum atomic E-state index is -0.446. The van der Waals surface area contributed by atoms with E-state index in [9.17, 15) is 14.4 Å². The predicted molar refractivity (Wildman–Crippen MR) is 137 cm³/mol. The molecule has 0 fully saturated rings. The number of likely N-dealkylation sites (N-methyl/N-ethyl adjacent to an activating group) is 2. The predicted octanol–water partition coefficient (Wildman–Crippen LogP) is 2.41. The lowest BCUT2D eigenvalue weighted by Crippen LogP contribution is -2.41. The summed E-state index contributed by atoms with van der Waals surface area (Å²) in [4.78, 5) is 45.1. The lowest BCUT2D eigenvalue weighted by molar-refractivity contribution is -0.137. The van der Waals surface area contributed by atoms with Gasteiger partial charge in [0.25, 0.3) is 5.91 Å². The molecule has 2 N–H and O–H groups in total. The van der Waals surface area contributed by atoms with Crippen molar-refractivity contribution >= 4 is 29.5 Å². The highest BCUT2D eigenvalue weighted by Crippen LogP contribution is 2.18. The van der Waals surface area contributed by atoms with Crippen molar-refractivity contribution < 1.29 is 19.1 Å². The van der Waals surface area contributed by atoms with Crippen molar-refractivity contribution in [3.05, 3.63) is 65.5 Å². The van der Waals surface area contributed by atoms with Crippen LogP contribution in [0.5, 0.6) is 0 Å². The number of carbonyl (C=O) groups excluding carboxylic acids is 3. The van der Waals surface area contributed by atoms with Crippen LogP contribution in [0.3, 0.4) is 0 Å². The molecule has 2 rings (SSSR count). The Morgan fingerprint density at radius 3 is 2.57 bits per heavy atom. The summed E-state index contributed by atoms with van der Waals surface area (Å²) in [6.45, 7) is 6.68. The molecular formula is C26H35N5O4. The number of rotatable bonds is 13. The van der Waals surface area contributed by atoms with Crippen LogP contribution in [0.2, 0.25) is 0 Å². The van der Waals surface area contributed by atoms with Gasteiger partial charge < -0.3 is 25.2 Å². The number of nitrogens with one attached hydrogen (secondary N) is 2. The number of ether oxygens (including phenoxy) is 1. The van der Waals surface area contributed by atoms with Gasteiger partial charge in [0.2, 0.25) is 5.91 Å². The van der Waals surface area contributed by atoms with Gasteiger partial charge in [0.15, 0.2) is 0 Å². The smallest absolute Gasteiger partial charge is 0.330 e. The van der Waals surface area contributed by atoms with E-state index < -0.39 is 5.97 Å². The normalized spacial score (nSPS) is 11.0. The number of amides is 2. The van der Waals surface area contributed by atoms with Crippen LogP contribution in [0.15, 0.2) is 48.7 Å². The van der Waals surface area contributed by atoms with Crippen LogP contribution in [0.1, 0.15) is 35.5 Å².